The van der Waals surface area contributed by atoms with Crippen LogP contribution in [0.2, 0.25) is 0 Å². The summed E-state index contributed by atoms with van der Waals surface area (Å²) in [5.74, 6) is 1.53. The molecule has 0 bridgehead atoms. The van der Waals surface area contributed by atoms with Crippen molar-refractivity contribution in [1.29, 1.82) is 0 Å². The van der Waals surface area contributed by atoms with Crippen molar-refractivity contribution in [3.05, 3.63) is 28.8 Å². The lowest BCUT2D eigenvalue weighted by molar-refractivity contribution is 0.221. The van der Waals surface area contributed by atoms with Crippen molar-refractivity contribution in [3.8, 4) is 5.75 Å². The van der Waals surface area contributed by atoms with E-state index < -0.39 is 0 Å². The number of hydrogen-bond donors (Lipinski definition) is 1. The summed E-state index contributed by atoms with van der Waals surface area (Å²) in [6.07, 6.45) is 10.1. The molecule has 0 radical (unpaired) electrons. The predicted octanol–water partition coefficient (Wildman–Crippen LogP) is 4.63. The summed E-state index contributed by atoms with van der Waals surface area (Å²) in [5, 5.41) is 9.85. The van der Waals surface area contributed by atoms with Crippen LogP contribution in [0.4, 0.5) is 0 Å². The average Bonchev–Trinajstić information content (AvgIpc) is 2.81. The van der Waals surface area contributed by atoms with Crippen LogP contribution in [0.5, 0.6) is 5.75 Å². The van der Waals surface area contributed by atoms with Crippen molar-refractivity contribution in [1.82, 2.24) is 0 Å². The molecule has 1 aliphatic carbocycles. The van der Waals surface area contributed by atoms with Crippen molar-refractivity contribution in [3.63, 3.8) is 0 Å². The largest absolute Gasteiger partial charge is 0.493 e. The molecule has 1 heterocycles. The lowest BCUT2D eigenvalue weighted by Gasteiger charge is -2.18. The number of ether oxygens (including phenoxy) is 1. The van der Waals surface area contributed by atoms with Gasteiger partial charge in [0.05, 0.1) is 19.8 Å². The third-order valence-electron chi connectivity index (χ3n) is 5.22. The second-order valence-electron chi connectivity index (χ2n) is 6.91. The number of nitrogens with zero attached hydrogens (tertiary/aromatic N) is 1. The van der Waals surface area contributed by atoms with Gasteiger partial charge in [0, 0.05) is 16.8 Å². The smallest absolute Gasteiger partial charge is 0.125 e. The molecule has 0 spiro atoms. The van der Waals surface area contributed by atoms with Crippen LogP contribution < -0.4 is 4.74 Å². The molecule has 1 aromatic carbocycles. The van der Waals surface area contributed by atoms with Crippen LogP contribution in [0.1, 0.15) is 75.0 Å². The number of aliphatic hydroxyl groups is 1. The summed E-state index contributed by atoms with van der Waals surface area (Å²) in [7, 11) is 0. The Morgan fingerprint density at radius 1 is 1.17 bits per heavy atom. The minimum absolute atomic E-state index is 0.0398. The summed E-state index contributed by atoms with van der Waals surface area (Å²) >= 11 is 0. The van der Waals surface area contributed by atoms with E-state index in [1.54, 1.807) is 0 Å². The summed E-state index contributed by atoms with van der Waals surface area (Å²) in [4.78, 5) is 4.66. The zero-order valence-electron chi connectivity index (χ0n) is 14.3. The zero-order chi connectivity index (χ0) is 16.1. The first-order chi connectivity index (χ1) is 11.3. The van der Waals surface area contributed by atoms with Crippen molar-refractivity contribution in [2.45, 2.75) is 71.4 Å². The molecule has 1 saturated carbocycles. The van der Waals surface area contributed by atoms with Crippen molar-refractivity contribution in [2.75, 3.05) is 6.61 Å². The monoisotopic (exact) mass is 315 g/mol. The van der Waals surface area contributed by atoms with E-state index in [9.17, 15) is 5.11 Å². The Morgan fingerprint density at radius 2 is 1.96 bits per heavy atom. The molecule has 3 heteroatoms. The zero-order valence-corrected chi connectivity index (χ0v) is 14.3. The van der Waals surface area contributed by atoms with Crippen LogP contribution in [0.15, 0.2) is 17.1 Å². The fourth-order valence-corrected chi connectivity index (χ4v) is 3.88. The second kappa shape index (κ2) is 7.96. The molecule has 3 rings (SSSR count). The summed E-state index contributed by atoms with van der Waals surface area (Å²) < 4.78 is 6.13. The molecular formula is C20H29NO2. The van der Waals surface area contributed by atoms with E-state index in [1.807, 2.05) is 6.07 Å². The Labute approximate surface area is 139 Å². The number of aliphatic hydroxyl groups excluding tert-OH is 1. The molecule has 0 aromatic heterocycles. The predicted molar refractivity (Wildman–Crippen MR) is 94.2 cm³/mol. The molecule has 1 aromatic rings. The van der Waals surface area contributed by atoms with E-state index >= 15 is 0 Å². The summed E-state index contributed by atoms with van der Waals surface area (Å²) in [6, 6.07) is 4.18. The van der Waals surface area contributed by atoms with Crippen molar-refractivity contribution in [2.24, 2.45) is 10.9 Å². The van der Waals surface area contributed by atoms with Gasteiger partial charge < -0.3 is 9.84 Å². The van der Waals surface area contributed by atoms with Gasteiger partial charge >= 0.3 is 0 Å². The van der Waals surface area contributed by atoms with E-state index in [2.05, 4.69) is 18.0 Å². The highest BCUT2D eigenvalue weighted by atomic mass is 16.5. The third-order valence-corrected chi connectivity index (χ3v) is 5.22. The van der Waals surface area contributed by atoms with Gasteiger partial charge in [-0.15, -0.1) is 0 Å². The van der Waals surface area contributed by atoms with Gasteiger partial charge in [0.25, 0.3) is 0 Å². The molecule has 0 amide bonds. The first-order valence-electron chi connectivity index (χ1n) is 9.25. The number of fused-ring (bicyclic) bond motifs is 1. The molecule has 1 N–H and O–H groups in total. The molecule has 0 atom stereocenters. The lowest BCUT2D eigenvalue weighted by Crippen LogP contribution is -2.13. The average molecular weight is 315 g/mol. The van der Waals surface area contributed by atoms with E-state index in [0.29, 0.717) is 12.5 Å². The van der Waals surface area contributed by atoms with Crippen LogP contribution >= 0.6 is 0 Å². The maximum Gasteiger partial charge on any atom is 0.125 e. The Morgan fingerprint density at radius 3 is 2.65 bits per heavy atom. The molecule has 2 aliphatic rings. The molecule has 1 fully saturated rings. The SMILES string of the molecule is CCCC1=NCc2c1ccc(OCC1CCCCCC1)c2CO. The van der Waals surface area contributed by atoms with E-state index in [-0.39, 0.29) is 6.61 Å². The van der Waals surface area contributed by atoms with Crippen LogP contribution in [0.25, 0.3) is 0 Å². The van der Waals surface area contributed by atoms with Gasteiger partial charge in [-0.25, -0.2) is 0 Å². The first-order valence-corrected chi connectivity index (χ1v) is 9.25. The fraction of sp³-hybridized carbons (Fsp3) is 0.650. The maximum atomic E-state index is 9.85. The van der Waals surface area contributed by atoms with Crippen molar-refractivity contribution < 1.29 is 9.84 Å². The topological polar surface area (TPSA) is 41.8 Å². The molecule has 1 aliphatic heterocycles. The fourth-order valence-electron chi connectivity index (χ4n) is 3.88. The number of rotatable bonds is 6. The summed E-state index contributed by atoms with van der Waals surface area (Å²) in [6.45, 7) is 3.70. The lowest BCUT2D eigenvalue weighted by atomic mass is 9.97. The third kappa shape index (κ3) is 3.77. The maximum absolute atomic E-state index is 9.85. The van der Waals surface area contributed by atoms with Gasteiger partial charge in [0.2, 0.25) is 0 Å². The standard InChI is InChI=1S/C20H29NO2/c1-2-7-19-16-10-11-20(18(13-22)17(16)12-21-19)23-14-15-8-5-3-4-6-9-15/h10-11,15,22H,2-9,12-14H2,1H3. The van der Waals surface area contributed by atoms with Crippen LogP contribution in [0, 0.1) is 5.92 Å². The molecular weight excluding hydrogens is 286 g/mol. The molecule has 0 saturated heterocycles. The molecule has 23 heavy (non-hydrogen) atoms. The molecule has 3 nitrogen and oxygen atoms in total. The van der Waals surface area contributed by atoms with Gasteiger partial charge in [0.1, 0.15) is 5.75 Å². The highest BCUT2D eigenvalue weighted by Gasteiger charge is 2.22. The van der Waals surface area contributed by atoms with Gasteiger partial charge in [-0.3, -0.25) is 4.99 Å². The molecule has 0 unspecified atom stereocenters. The minimum atomic E-state index is 0.0398. The molecule has 126 valence electrons. The summed E-state index contributed by atoms with van der Waals surface area (Å²) in [5.41, 5.74) is 4.53. The van der Waals surface area contributed by atoms with Crippen LogP contribution in [0.3, 0.4) is 0 Å². The van der Waals surface area contributed by atoms with Crippen molar-refractivity contribution >= 4 is 5.71 Å². The van der Waals surface area contributed by atoms with Crippen LogP contribution in [-0.2, 0) is 13.2 Å². The number of hydrogen-bond acceptors (Lipinski definition) is 3. The van der Waals surface area contributed by atoms with Gasteiger partial charge in [-0.05, 0) is 42.9 Å². The van der Waals surface area contributed by atoms with Crippen LogP contribution in [-0.4, -0.2) is 17.4 Å². The van der Waals surface area contributed by atoms with Gasteiger partial charge in [0.15, 0.2) is 0 Å². The van der Waals surface area contributed by atoms with E-state index in [0.717, 1.165) is 30.8 Å². The number of aliphatic imine (C=N–C) groups is 1. The van der Waals surface area contributed by atoms with E-state index in [1.165, 1.54) is 55.4 Å². The second-order valence-corrected chi connectivity index (χ2v) is 6.91. The highest BCUT2D eigenvalue weighted by Crippen LogP contribution is 2.32. The Bertz CT molecular complexity index is 557. The normalized spacial score (nSPS) is 18.4. The van der Waals surface area contributed by atoms with Gasteiger partial charge in [-0.2, -0.15) is 0 Å². The Kier molecular flexibility index (Phi) is 5.71. The Hall–Kier alpha value is -1.35. The first kappa shape index (κ1) is 16.5. The van der Waals surface area contributed by atoms with E-state index in [4.69, 9.17) is 4.74 Å². The quantitative estimate of drug-likeness (QED) is 0.778. The van der Waals surface area contributed by atoms with Gasteiger partial charge in [-0.1, -0.05) is 39.0 Å². The minimum Gasteiger partial charge on any atom is -0.493 e. The Balaban J connectivity index is 1.71. The number of benzene rings is 1. The highest BCUT2D eigenvalue weighted by molar-refractivity contribution is 6.04.